The second-order valence-electron chi connectivity index (χ2n) is 5.17. The Bertz CT molecular complexity index is 831. The summed E-state index contributed by atoms with van der Waals surface area (Å²) >= 11 is 6.57. The number of carbonyl (C=O) groups excluding carboxylic acids is 2. The second kappa shape index (κ2) is 8.09. The van der Waals surface area contributed by atoms with Gasteiger partial charge in [-0.3, -0.25) is 14.9 Å². The largest absolute Gasteiger partial charge is 0.496 e. The lowest BCUT2D eigenvalue weighted by Gasteiger charge is -2.11. The van der Waals surface area contributed by atoms with E-state index in [4.69, 9.17) is 22.7 Å². The number of para-hydroxylation sites is 1. The highest BCUT2D eigenvalue weighted by Crippen LogP contribution is 2.33. The molecule has 0 radical (unpaired) electrons. The minimum Gasteiger partial charge on any atom is -0.496 e. The van der Waals surface area contributed by atoms with Gasteiger partial charge in [0.15, 0.2) is 5.11 Å². The summed E-state index contributed by atoms with van der Waals surface area (Å²) in [6.45, 7) is 3.87. The van der Waals surface area contributed by atoms with Gasteiger partial charge in [-0.15, -0.1) is 11.3 Å². The highest BCUT2D eigenvalue weighted by molar-refractivity contribution is 7.80. The molecule has 132 valence electrons. The number of aryl methyl sites for hydroxylation is 1. The van der Waals surface area contributed by atoms with Crippen LogP contribution in [0.15, 0.2) is 24.3 Å². The molecule has 6 nitrogen and oxygen atoms in total. The number of carbonyl (C=O) groups is 2. The molecule has 1 aromatic heterocycles. The summed E-state index contributed by atoms with van der Waals surface area (Å²) in [7, 11) is 1.49. The Balaban J connectivity index is 2.18. The van der Waals surface area contributed by atoms with Gasteiger partial charge in [-0.25, -0.2) is 0 Å². The van der Waals surface area contributed by atoms with Gasteiger partial charge in [-0.1, -0.05) is 19.1 Å². The highest BCUT2D eigenvalue weighted by atomic mass is 32.1. The minimum absolute atomic E-state index is 0.0855. The van der Waals surface area contributed by atoms with Gasteiger partial charge in [0.25, 0.3) is 11.8 Å². The van der Waals surface area contributed by atoms with Crippen LogP contribution in [0.1, 0.15) is 38.1 Å². The summed E-state index contributed by atoms with van der Waals surface area (Å²) in [6.07, 6.45) is 0.683. The number of methoxy groups -OCH3 is 1. The standard InChI is InChI=1S/C17H19N3O3S2/c1-4-10-9(2)25-16(13(10)14(18)21)20-17(24)19-15(22)11-7-5-6-8-12(11)23-3/h5-8H,4H2,1-3H3,(H2,18,21)(H2,19,20,22,24). The first kappa shape index (κ1) is 18.9. The van der Waals surface area contributed by atoms with Crippen molar-refractivity contribution < 1.29 is 14.3 Å². The van der Waals surface area contributed by atoms with Gasteiger partial charge in [0.1, 0.15) is 10.8 Å². The lowest BCUT2D eigenvalue weighted by molar-refractivity contribution is 0.0972. The lowest BCUT2D eigenvalue weighted by Crippen LogP contribution is -2.34. The molecule has 4 N–H and O–H groups in total. The Hall–Kier alpha value is -2.45. The van der Waals surface area contributed by atoms with Crippen LogP contribution in [0.3, 0.4) is 0 Å². The normalized spacial score (nSPS) is 10.2. The molecular formula is C17H19N3O3S2. The fourth-order valence-corrected chi connectivity index (χ4v) is 3.90. The molecular weight excluding hydrogens is 358 g/mol. The van der Waals surface area contributed by atoms with Crippen LogP contribution in [0.25, 0.3) is 0 Å². The Morgan fingerprint density at radius 2 is 2.00 bits per heavy atom. The summed E-state index contributed by atoms with van der Waals surface area (Å²) in [4.78, 5) is 25.1. The molecule has 0 aliphatic rings. The third kappa shape index (κ3) is 4.15. The number of thiocarbonyl (C=S) groups is 1. The van der Waals surface area contributed by atoms with E-state index in [1.807, 2.05) is 13.8 Å². The quantitative estimate of drug-likeness (QED) is 0.697. The van der Waals surface area contributed by atoms with Crippen LogP contribution in [-0.2, 0) is 6.42 Å². The smallest absolute Gasteiger partial charge is 0.261 e. The molecule has 1 aromatic carbocycles. The maximum Gasteiger partial charge on any atom is 0.261 e. The van der Waals surface area contributed by atoms with Crippen LogP contribution in [0.4, 0.5) is 5.00 Å². The first-order valence-corrected chi connectivity index (χ1v) is 8.78. The number of hydrogen-bond donors (Lipinski definition) is 3. The van der Waals surface area contributed by atoms with E-state index in [1.54, 1.807) is 24.3 Å². The van der Waals surface area contributed by atoms with Crippen molar-refractivity contribution in [1.82, 2.24) is 5.32 Å². The van der Waals surface area contributed by atoms with E-state index in [0.29, 0.717) is 28.3 Å². The van der Waals surface area contributed by atoms with Gasteiger partial charge in [0, 0.05) is 4.88 Å². The fraction of sp³-hybridized carbons (Fsp3) is 0.235. The Morgan fingerprint density at radius 3 is 2.60 bits per heavy atom. The Kier molecular flexibility index (Phi) is 6.11. The molecule has 0 aliphatic heterocycles. The number of anilines is 1. The van der Waals surface area contributed by atoms with E-state index in [-0.39, 0.29) is 5.11 Å². The number of amides is 2. The lowest BCUT2D eigenvalue weighted by atomic mass is 10.1. The number of nitrogens with one attached hydrogen (secondary N) is 2. The Morgan fingerprint density at radius 1 is 1.32 bits per heavy atom. The van der Waals surface area contributed by atoms with Gasteiger partial charge in [0.05, 0.1) is 18.2 Å². The van der Waals surface area contributed by atoms with Crippen molar-refractivity contribution in [3.63, 3.8) is 0 Å². The molecule has 0 spiro atoms. The number of rotatable bonds is 5. The van der Waals surface area contributed by atoms with Crippen LogP contribution in [0.5, 0.6) is 5.75 Å². The molecule has 25 heavy (non-hydrogen) atoms. The van der Waals surface area contributed by atoms with E-state index < -0.39 is 11.8 Å². The average molecular weight is 377 g/mol. The molecule has 8 heteroatoms. The number of thiophene rings is 1. The van der Waals surface area contributed by atoms with Gasteiger partial charge in [-0.2, -0.15) is 0 Å². The summed E-state index contributed by atoms with van der Waals surface area (Å²) < 4.78 is 5.17. The van der Waals surface area contributed by atoms with E-state index in [2.05, 4.69) is 10.6 Å². The Labute approximate surface area is 155 Å². The van der Waals surface area contributed by atoms with Crippen molar-refractivity contribution >= 4 is 45.5 Å². The molecule has 2 amide bonds. The molecule has 0 bridgehead atoms. The third-order valence-electron chi connectivity index (χ3n) is 3.61. The summed E-state index contributed by atoms with van der Waals surface area (Å²) in [5, 5.41) is 6.11. The predicted molar refractivity (Wildman–Crippen MR) is 104 cm³/mol. The number of ether oxygens (including phenoxy) is 1. The number of hydrogen-bond acceptors (Lipinski definition) is 5. The molecule has 2 rings (SSSR count). The molecule has 0 saturated heterocycles. The molecule has 2 aromatic rings. The van der Waals surface area contributed by atoms with Crippen molar-refractivity contribution in [2.75, 3.05) is 12.4 Å². The fourth-order valence-electron chi connectivity index (χ4n) is 2.49. The van der Waals surface area contributed by atoms with E-state index in [9.17, 15) is 9.59 Å². The maximum absolute atomic E-state index is 12.4. The van der Waals surface area contributed by atoms with Crippen molar-refractivity contribution in [2.45, 2.75) is 20.3 Å². The van der Waals surface area contributed by atoms with Gasteiger partial charge in [-0.05, 0) is 43.3 Å². The van der Waals surface area contributed by atoms with Crippen LogP contribution < -0.4 is 21.1 Å². The predicted octanol–water partition coefficient (Wildman–Crippen LogP) is 2.85. The van der Waals surface area contributed by atoms with Gasteiger partial charge < -0.3 is 15.8 Å². The third-order valence-corrected chi connectivity index (χ3v) is 4.88. The zero-order valence-electron chi connectivity index (χ0n) is 14.1. The molecule has 0 saturated carbocycles. The monoisotopic (exact) mass is 377 g/mol. The molecule has 0 fully saturated rings. The van der Waals surface area contributed by atoms with Crippen molar-refractivity contribution in [1.29, 1.82) is 0 Å². The summed E-state index contributed by atoms with van der Waals surface area (Å²) in [5.41, 5.74) is 7.16. The first-order chi connectivity index (χ1) is 11.9. The van der Waals surface area contributed by atoms with E-state index >= 15 is 0 Å². The average Bonchev–Trinajstić information content (AvgIpc) is 2.89. The van der Waals surface area contributed by atoms with Crippen LogP contribution in [0.2, 0.25) is 0 Å². The summed E-state index contributed by atoms with van der Waals surface area (Å²) in [6, 6.07) is 6.82. The minimum atomic E-state index is -0.525. The first-order valence-electron chi connectivity index (χ1n) is 7.56. The molecule has 1 heterocycles. The second-order valence-corrected chi connectivity index (χ2v) is 6.80. The maximum atomic E-state index is 12.4. The number of nitrogens with two attached hydrogens (primary N) is 1. The van der Waals surface area contributed by atoms with Crippen molar-refractivity contribution in [3.8, 4) is 5.75 Å². The SMILES string of the molecule is CCc1c(C)sc(NC(=S)NC(=O)c2ccccc2OC)c1C(N)=O. The zero-order valence-corrected chi connectivity index (χ0v) is 15.8. The van der Waals surface area contributed by atoms with Crippen LogP contribution in [0, 0.1) is 6.92 Å². The van der Waals surface area contributed by atoms with Gasteiger partial charge >= 0.3 is 0 Å². The van der Waals surface area contributed by atoms with Crippen LogP contribution in [-0.4, -0.2) is 24.0 Å². The topological polar surface area (TPSA) is 93.4 Å². The van der Waals surface area contributed by atoms with E-state index in [1.165, 1.54) is 18.4 Å². The van der Waals surface area contributed by atoms with Gasteiger partial charge in [0.2, 0.25) is 0 Å². The van der Waals surface area contributed by atoms with Crippen LogP contribution >= 0.6 is 23.6 Å². The zero-order chi connectivity index (χ0) is 18.6. The van der Waals surface area contributed by atoms with E-state index in [0.717, 1.165) is 10.4 Å². The molecule has 0 unspecified atom stereocenters. The molecule has 0 atom stereocenters. The number of benzene rings is 1. The number of primary amides is 1. The summed E-state index contributed by atoms with van der Waals surface area (Å²) in [5.74, 6) is -0.483. The highest BCUT2D eigenvalue weighted by Gasteiger charge is 2.20. The van der Waals surface area contributed by atoms with Crippen molar-refractivity contribution in [2.24, 2.45) is 5.73 Å². The van der Waals surface area contributed by atoms with Crippen molar-refractivity contribution in [3.05, 3.63) is 45.8 Å². The molecule has 0 aliphatic carbocycles.